The average Bonchev–Trinajstić information content (AvgIpc) is 2.65. The first-order valence-electron chi connectivity index (χ1n) is 5.86. The third-order valence-corrected chi connectivity index (χ3v) is 2.77. The molecule has 5 heteroatoms. The maximum Gasteiger partial charge on any atom is 0.207 e. The van der Waals surface area contributed by atoms with Crippen molar-refractivity contribution in [2.24, 2.45) is 0 Å². The lowest BCUT2D eigenvalue weighted by molar-refractivity contribution is 0.630. The molecule has 0 amide bonds. The standard InChI is InChI=1S/C13H15ClFN3/c1-3-6-18-8-9(2)16-13(18)17-12-7-10(14)4-5-11(12)15/h4-5,7-8H,3,6H2,1-2H3,(H,16,17). The van der Waals surface area contributed by atoms with Gasteiger partial charge >= 0.3 is 0 Å². The minimum absolute atomic E-state index is 0.338. The minimum Gasteiger partial charge on any atom is -0.323 e. The topological polar surface area (TPSA) is 29.9 Å². The molecule has 0 unspecified atom stereocenters. The molecule has 3 nitrogen and oxygen atoms in total. The maximum absolute atomic E-state index is 13.6. The fourth-order valence-electron chi connectivity index (χ4n) is 1.77. The van der Waals surface area contributed by atoms with Crippen molar-refractivity contribution in [3.05, 3.63) is 40.9 Å². The molecule has 96 valence electrons. The van der Waals surface area contributed by atoms with Gasteiger partial charge in [0.05, 0.1) is 11.4 Å². The molecule has 1 N–H and O–H groups in total. The van der Waals surface area contributed by atoms with Crippen molar-refractivity contribution in [2.45, 2.75) is 26.8 Å². The van der Waals surface area contributed by atoms with Crippen LogP contribution in [0.25, 0.3) is 0 Å². The summed E-state index contributed by atoms with van der Waals surface area (Å²) in [5, 5.41) is 3.47. The number of benzene rings is 1. The molecule has 0 fully saturated rings. The molecule has 1 aromatic carbocycles. The van der Waals surface area contributed by atoms with E-state index in [0.717, 1.165) is 18.7 Å². The van der Waals surface area contributed by atoms with E-state index in [4.69, 9.17) is 11.6 Å². The summed E-state index contributed by atoms with van der Waals surface area (Å²) in [5.74, 6) is 0.290. The average molecular weight is 268 g/mol. The smallest absolute Gasteiger partial charge is 0.207 e. The molecule has 2 rings (SSSR count). The Hall–Kier alpha value is -1.55. The molecule has 0 radical (unpaired) electrons. The van der Waals surface area contributed by atoms with Crippen LogP contribution >= 0.6 is 11.6 Å². The summed E-state index contributed by atoms with van der Waals surface area (Å²) in [6.07, 6.45) is 2.93. The van der Waals surface area contributed by atoms with Gasteiger partial charge in [-0.25, -0.2) is 9.37 Å². The third kappa shape index (κ3) is 2.82. The Morgan fingerprint density at radius 3 is 2.94 bits per heavy atom. The highest BCUT2D eigenvalue weighted by atomic mass is 35.5. The van der Waals surface area contributed by atoms with Gasteiger partial charge in [-0.1, -0.05) is 18.5 Å². The summed E-state index contributed by atoms with van der Waals surface area (Å²) in [6.45, 7) is 4.83. The molecule has 1 heterocycles. The highest BCUT2D eigenvalue weighted by Crippen LogP contribution is 2.23. The zero-order chi connectivity index (χ0) is 13.1. The summed E-state index contributed by atoms with van der Waals surface area (Å²) in [7, 11) is 0. The number of nitrogens with zero attached hydrogens (tertiary/aromatic N) is 2. The van der Waals surface area contributed by atoms with Crippen LogP contribution in [0.2, 0.25) is 5.02 Å². The molecule has 1 aromatic heterocycles. The summed E-state index contributed by atoms with van der Waals surface area (Å²) >= 11 is 5.86. The molecule has 0 spiro atoms. The van der Waals surface area contributed by atoms with E-state index in [0.29, 0.717) is 16.7 Å². The number of imidazole rings is 1. The summed E-state index contributed by atoms with van der Waals surface area (Å²) in [6, 6.07) is 4.41. The Morgan fingerprint density at radius 2 is 2.22 bits per heavy atom. The Balaban J connectivity index is 2.30. The number of rotatable bonds is 4. The van der Waals surface area contributed by atoms with Gasteiger partial charge < -0.3 is 9.88 Å². The second kappa shape index (κ2) is 5.40. The molecule has 18 heavy (non-hydrogen) atoms. The number of aromatic nitrogens is 2. The highest BCUT2D eigenvalue weighted by Gasteiger charge is 2.08. The second-order valence-electron chi connectivity index (χ2n) is 4.15. The van der Waals surface area contributed by atoms with Gasteiger partial charge in [0.25, 0.3) is 0 Å². The van der Waals surface area contributed by atoms with Gasteiger partial charge in [-0.15, -0.1) is 0 Å². The van der Waals surface area contributed by atoms with Crippen molar-refractivity contribution < 1.29 is 4.39 Å². The van der Waals surface area contributed by atoms with E-state index in [1.54, 1.807) is 6.07 Å². The second-order valence-corrected chi connectivity index (χ2v) is 4.58. The Kier molecular flexibility index (Phi) is 3.87. The van der Waals surface area contributed by atoms with Crippen molar-refractivity contribution >= 4 is 23.2 Å². The summed E-state index contributed by atoms with van der Waals surface area (Å²) in [5.41, 5.74) is 1.24. The molecule has 0 saturated carbocycles. The first kappa shape index (κ1) is 12.9. The fraction of sp³-hybridized carbons (Fsp3) is 0.308. The predicted octanol–water partition coefficient (Wildman–Crippen LogP) is 4.14. The van der Waals surface area contributed by atoms with Crippen LogP contribution in [0.5, 0.6) is 0 Å². The number of hydrogen-bond donors (Lipinski definition) is 1. The molecule has 0 saturated heterocycles. The Bertz CT molecular complexity index is 551. The van der Waals surface area contributed by atoms with E-state index in [-0.39, 0.29) is 5.82 Å². The van der Waals surface area contributed by atoms with E-state index in [1.807, 2.05) is 17.7 Å². The lowest BCUT2D eigenvalue weighted by atomic mass is 10.3. The number of hydrogen-bond acceptors (Lipinski definition) is 2. The number of nitrogens with one attached hydrogen (secondary N) is 1. The van der Waals surface area contributed by atoms with Crippen LogP contribution in [0.1, 0.15) is 19.0 Å². The normalized spacial score (nSPS) is 10.7. The molecule has 0 aliphatic rings. The lowest BCUT2D eigenvalue weighted by Crippen LogP contribution is -2.03. The molecular formula is C13H15ClFN3. The third-order valence-electron chi connectivity index (χ3n) is 2.54. The van der Waals surface area contributed by atoms with Crippen LogP contribution in [0, 0.1) is 12.7 Å². The van der Waals surface area contributed by atoms with Crippen LogP contribution in [-0.4, -0.2) is 9.55 Å². The first-order valence-corrected chi connectivity index (χ1v) is 6.23. The minimum atomic E-state index is -0.344. The van der Waals surface area contributed by atoms with Crippen molar-refractivity contribution in [1.29, 1.82) is 0 Å². The molecule has 0 bridgehead atoms. The lowest BCUT2D eigenvalue weighted by Gasteiger charge is -2.09. The van der Waals surface area contributed by atoms with Crippen molar-refractivity contribution in [3.8, 4) is 0 Å². The van der Waals surface area contributed by atoms with Crippen LogP contribution in [0.15, 0.2) is 24.4 Å². The van der Waals surface area contributed by atoms with E-state index in [9.17, 15) is 4.39 Å². The van der Waals surface area contributed by atoms with Crippen LogP contribution in [0.4, 0.5) is 16.0 Å². The van der Waals surface area contributed by atoms with Gasteiger partial charge in [0, 0.05) is 17.8 Å². The number of halogens is 2. The molecule has 0 aliphatic heterocycles. The van der Waals surface area contributed by atoms with Crippen molar-refractivity contribution in [3.63, 3.8) is 0 Å². The zero-order valence-corrected chi connectivity index (χ0v) is 11.1. The van der Waals surface area contributed by atoms with Crippen molar-refractivity contribution in [2.75, 3.05) is 5.32 Å². The van der Waals surface area contributed by atoms with Gasteiger partial charge in [0.2, 0.25) is 5.95 Å². The molecular weight excluding hydrogens is 253 g/mol. The molecule has 0 aliphatic carbocycles. The Labute approximate surface area is 111 Å². The van der Waals surface area contributed by atoms with Crippen LogP contribution in [0.3, 0.4) is 0 Å². The monoisotopic (exact) mass is 267 g/mol. The number of aryl methyl sites for hydroxylation is 2. The maximum atomic E-state index is 13.6. The van der Waals surface area contributed by atoms with E-state index in [1.165, 1.54) is 12.1 Å². The van der Waals surface area contributed by atoms with Crippen LogP contribution in [-0.2, 0) is 6.54 Å². The van der Waals surface area contributed by atoms with Gasteiger partial charge in [-0.05, 0) is 31.5 Å². The largest absolute Gasteiger partial charge is 0.323 e. The predicted molar refractivity (Wildman–Crippen MR) is 71.9 cm³/mol. The van der Waals surface area contributed by atoms with Crippen LogP contribution < -0.4 is 5.32 Å². The van der Waals surface area contributed by atoms with Gasteiger partial charge in [-0.2, -0.15) is 0 Å². The van der Waals surface area contributed by atoms with Gasteiger partial charge in [0.15, 0.2) is 0 Å². The van der Waals surface area contributed by atoms with Gasteiger partial charge in [-0.3, -0.25) is 0 Å². The van der Waals surface area contributed by atoms with E-state index in [2.05, 4.69) is 17.2 Å². The molecule has 2 aromatic rings. The van der Waals surface area contributed by atoms with E-state index < -0.39 is 0 Å². The van der Waals surface area contributed by atoms with Crippen molar-refractivity contribution in [1.82, 2.24) is 9.55 Å². The highest BCUT2D eigenvalue weighted by molar-refractivity contribution is 6.30. The fourth-order valence-corrected chi connectivity index (χ4v) is 1.94. The van der Waals surface area contributed by atoms with Gasteiger partial charge in [0.1, 0.15) is 5.82 Å². The Morgan fingerprint density at radius 1 is 1.44 bits per heavy atom. The zero-order valence-electron chi connectivity index (χ0n) is 10.4. The number of anilines is 2. The van der Waals surface area contributed by atoms with E-state index >= 15 is 0 Å². The summed E-state index contributed by atoms with van der Waals surface area (Å²) < 4.78 is 15.6. The summed E-state index contributed by atoms with van der Waals surface area (Å²) in [4.78, 5) is 4.34. The quantitative estimate of drug-likeness (QED) is 0.902. The first-order chi connectivity index (χ1) is 8.60. The molecule has 0 atom stereocenters. The SMILES string of the molecule is CCCn1cc(C)nc1Nc1cc(Cl)ccc1F.